The normalized spacial score (nSPS) is 21.9. The maximum atomic E-state index is 11.7. The summed E-state index contributed by atoms with van der Waals surface area (Å²) < 4.78 is 39.5. The van der Waals surface area contributed by atoms with Crippen molar-refractivity contribution in [2.24, 2.45) is 0 Å². The summed E-state index contributed by atoms with van der Waals surface area (Å²) >= 11 is 0. The number of allylic oxidation sites excluding steroid dienone is 1. The van der Waals surface area contributed by atoms with Crippen LogP contribution in [0.2, 0.25) is 0 Å². The van der Waals surface area contributed by atoms with Crippen molar-refractivity contribution in [2.45, 2.75) is 31.5 Å². The van der Waals surface area contributed by atoms with Gasteiger partial charge in [-0.3, -0.25) is 0 Å². The second-order valence-electron chi connectivity index (χ2n) is 3.60. The predicted octanol–water partition coefficient (Wildman–Crippen LogP) is 2.26. The van der Waals surface area contributed by atoms with Gasteiger partial charge in [-0.1, -0.05) is 12.2 Å². The van der Waals surface area contributed by atoms with Crippen LogP contribution >= 0.6 is 0 Å². The van der Waals surface area contributed by atoms with Gasteiger partial charge in [-0.25, -0.2) is 0 Å². The van der Waals surface area contributed by atoms with E-state index in [4.69, 9.17) is 0 Å². The molecule has 1 aliphatic rings. The van der Waals surface area contributed by atoms with Crippen LogP contribution in [0, 0.1) is 0 Å². The van der Waals surface area contributed by atoms with Crippen LogP contribution in [0.1, 0.15) is 19.3 Å². The zero-order chi connectivity index (χ0) is 11.1. The van der Waals surface area contributed by atoms with E-state index in [0.717, 1.165) is 19.3 Å². The second kappa shape index (κ2) is 6.12. The lowest BCUT2D eigenvalue weighted by molar-refractivity contribution is -0.173. The van der Waals surface area contributed by atoms with E-state index < -0.39 is 12.8 Å². The number of alkyl halides is 3. The van der Waals surface area contributed by atoms with E-state index in [1.165, 1.54) is 0 Å². The smallest absolute Gasteiger partial charge is 0.371 e. The molecule has 15 heavy (non-hydrogen) atoms. The Morgan fingerprint density at radius 1 is 1.33 bits per heavy atom. The zero-order valence-electron chi connectivity index (χ0n) is 8.52. The van der Waals surface area contributed by atoms with Crippen molar-refractivity contribution >= 4 is 0 Å². The fraction of sp³-hybridized carbons (Fsp3) is 0.800. The van der Waals surface area contributed by atoms with Crippen molar-refractivity contribution in [1.82, 2.24) is 5.32 Å². The summed E-state index contributed by atoms with van der Waals surface area (Å²) in [5.74, 6) is 0. The maximum absolute atomic E-state index is 11.7. The first-order valence-corrected chi connectivity index (χ1v) is 5.11. The Morgan fingerprint density at radius 3 is 2.73 bits per heavy atom. The van der Waals surface area contributed by atoms with Crippen molar-refractivity contribution in [3.8, 4) is 0 Å². The van der Waals surface area contributed by atoms with Crippen molar-refractivity contribution in [3.05, 3.63) is 12.2 Å². The van der Waals surface area contributed by atoms with Gasteiger partial charge in [0.05, 0.1) is 6.61 Å². The molecule has 0 aromatic heterocycles. The van der Waals surface area contributed by atoms with Crippen LogP contribution in [0.3, 0.4) is 0 Å². The first-order chi connectivity index (χ1) is 7.08. The van der Waals surface area contributed by atoms with Crippen molar-refractivity contribution in [3.63, 3.8) is 0 Å². The number of rotatable bonds is 5. The summed E-state index contributed by atoms with van der Waals surface area (Å²) in [6.45, 7) is -0.562. The van der Waals surface area contributed by atoms with Crippen molar-refractivity contribution in [2.75, 3.05) is 19.8 Å². The predicted molar refractivity (Wildman–Crippen MR) is 51.7 cm³/mol. The van der Waals surface area contributed by atoms with Gasteiger partial charge in [0.25, 0.3) is 0 Å². The Hall–Kier alpha value is -0.550. The molecule has 88 valence electrons. The van der Waals surface area contributed by atoms with Crippen LogP contribution in [-0.4, -0.2) is 32.0 Å². The molecule has 0 bridgehead atoms. The molecule has 0 saturated heterocycles. The highest BCUT2D eigenvalue weighted by Gasteiger charge is 2.27. The molecule has 0 heterocycles. The first-order valence-electron chi connectivity index (χ1n) is 5.11. The van der Waals surface area contributed by atoms with E-state index in [1.807, 2.05) is 0 Å². The highest BCUT2D eigenvalue weighted by molar-refractivity contribution is 4.92. The van der Waals surface area contributed by atoms with E-state index in [-0.39, 0.29) is 6.61 Å². The zero-order valence-corrected chi connectivity index (χ0v) is 8.52. The molecule has 0 saturated carbocycles. The van der Waals surface area contributed by atoms with Crippen LogP contribution in [0.4, 0.5) is 13.2 Å². The average molecular weight is 223 g/mol. The van der Waals surface area contributed by atoms with Crippen LogP contribution in [-0.2, 0) is 4.74 Å². The largest absolute Gasteiger partial charge is 0.411 e. The molecule has 0 amide bonds. The minimum atomic E-state index is -4.21. The third-order valence-electron chi connectivity index (χ3n) is 2.21. The van der Waals surface area contributed by atoms with Crippen LogP contribution < -0.4 is 5.32 Å². The molecule has 1 rings (SSSR count). The van der Waals surface area contributed by atoms with E-state index in [2.05, 4.69) is 22.2 Å². The Kier molecular flexibility index (Phi) is 5.11. The standard InChI is InChI=1S/C10H16F3NO/c11-10(12,13)8-15-7-6-14-9-4-2-1-3-5-9/h1-2,9,14H,3-8H2. The van der Waals surface area contributed by atoms with E-state index >= 15 is 0 Å². The molecule has 0 aromatic carbocycles. The third-order valence-corrected chi connectivity index (χ3v) is 2.21. The topological polar surface area (TPSA) is 21.3 Å². The molecule has 0 radical (unpaired) electrons. The number of nitrogens with one attached hydrogen (secondary N) is 1. The Morgan fingerprint density at radius 2 is 2.13 bits per heavy atom. The summed E-state index contributed by atoms with van der Waals surface area (Å²) in [5.41, 5.74) is 0. The van der Waals surface area contributed by atoms with Gasteiger partial charge in [0.15, 0.2) is 0 Å². The van der Waals surface area contributed by atoms with Gasteiger partial charge in [-0.2, -0.15) is 13.2 Å². The fourth-order valence-corrected chi connectivity index (χ4v) is 1.50. The molecule has 1 unspecified atom stereocenters. The average Bonchev–Trinajstić information content (AvgIpc) is 2.17. The van der Waals surface area contributed by atoms with Gasteiger partial charge in [0, 0.05) is 12.6 Å². The molecular formula is C10H16F3NO. The molecule has 0 fully saturated rings. The number of hydrogen-bond acceptors (Lipinski definition) is 2. The van der Waals surface area contributed by atoms with Crippen LogP contribution in [0.15, 0.2) is 12.2 Å². The number of ether oxygens (including phenoxy) is 1. The van der Waals surface area contributed by atoms with Gasteiger partial charge >= 0.3 is 6.18 Å². The summed E-state index contributed by atoms with van der Waals surface area (Å²) in [7, 11) is 0. The Balaban J connectivity index is 1.95. The quantitative estimate of drug-likeness (QED) is 0.570. The summed E-state index contributed by atoms with van der Waals surface area (Å²) in [6.07, 6.45) is 3.06. The fourth-order valence-electron chi connectivity index (χ4n) is 1.50. The lowest BCUT2D eigenvalue weighted by atomic mass is 10.0. The van der Waals surface area contributed by atoms with E-state index in [1.54, 1.807) is 0 Å². The summed E-state index contributed by atoms with van der Waals surface area (Å²) in [5, 5.41) is 3.16. The molecule has 1 aliphatic carbocycles. The van der Waals surface area contributed by atoms with Gasteiger partial charge in [0.1, 0.15) is 6.61 Å². The minimum absolute atomic E-state index is 0.111. The molecule has 5 heteroatoms. The minimum Gasteiger partial charge on any atom is -0.371 e. The molecule has 2 nitrogen and oxygen atoms in total. The molecule has 1 N–H and O–H groups in total. The van der Waals surface area contributed by atoms with Crippen molar-refractivity contribution in [1.29, 1.82) is 0 Å². The lowest BCUT2D eigenvalue weighted by Crippen LogP contribution is -2.33. The van der Waals surface area contributed by atoms with E-state index in [9.17, 15) is 13.2 Å². The Labute approximate surface area is 87.5 Å². The SMILES string of the molecule is FC(F)(F)COCCNC1CC=CCC1. The van der Waals surface area contributed by atoms with Crippen molar-refractivity contribution < 1.29 is 17.9 Å². The highest BCUT2D eigenvalue weighted by Crippen LogP contribution is 2.14. The molecule has 1 atom stereocenters. The summed E-state index contributed by atoms with van der Waals surface area (Å²) in [6, 6.07) is 0.393. The van der Waals surface area contributed by atoms with E-state index in [0.29, 0.717) is 12.6 Å². The Bertz CT molecular complexity index is 203. The highest BCUT2D eigenvalue weighted by atomic mass is 19.4. The van der Waals surface area contributed by atoms with Gasteiger partial charge < -0.3 is 10.1 Å². The van der Waals surface area contributed by atoms with Gasteiger partial charge in [-0.05, 0) is 19.3 Å². The molecule has 0 aliphatic heterocycles. The molecule has 0 aromatic rings. The number of halogens is 3. The first kappa shape index (κ1) is 12.5. The van der Waals surface area contributed by atoms with Crippen LogP contribution in [0.5, 0.6) is 0 Å². The molecular weight excluding hydrogens is 207 g/mol. The van der Waals surface area contributed by atoms with Gasteiger partial charge in [-0.15, -0.1) is 0 Å². The lowest BCUT2D eigenvalue weighted by Gasteiger charge is -2.19. The number of hydrogen-bond donors (Lipinski definition) is 1. The monoisotopic (exact) mass is 223 g/mol. The maximum Gasteiger partial charge on any atom is 0.411 e. The van der Waals surface area contributed by atoms with Crippen LogP contribution in [0.25, 0.3) is 0 Å². The summed E-state index contributed by atoms with van der Waals surface area (Å²) in [4.78, 5) is 0. The second-order valence-corrected chi connectivity index (χ2v) is 3.60. The molecule has 0 spiro atoms. The third kappa shape index (κ3) is 6.52. The van der Waals surface area contributed by atoms with Gasteiger partial charge in [0.2, 0.25) is 0 Å².